The third-order valence-electron chi connectivity index (χ3n) is 4.03. The maximum Gasteiger partial charge on any atom is 0.280 e. The molecular weight excluding hydrogens is 412 g/mol. The minimum absolute atomic E-state index is 0.0283. The second-order valence-corrected chi connectivity index (χ2v) is 8.64. The van der Waals surface area contributed by atoms with Crippen molar-refractivity contribution in [3.8, 4) is 0 Å². The van der Waals surface area contributed by atoms with Gasteiger partial charge in [0, 0.05) is 6.20 Å². The van der Waals surface area contributed by atoms with Crippen molar-refractivity contribution in [2.45, 2.75) is 25.0 Å². The number of sulfone groups is 1. The summed E-state index contributed by atoms with van der Waals surface area (Å²) in [5.41, 5.74) is 0.688. The van der Waals surface area contributed by atoms with E-state index in [0.29, 0.717) is 12.2 Å². The molecule has 0 aliphatic rings. The van der Waals surface area contributed by atoms with Crippen molar-refractivity contribution in [2.75, 3.05) is 10.7 Å². The summed E-state index contributed by atoms with van der Waals surface area (Å²) >= 11 is 6.17. The first-order valence-electron chi connectivity index (χ1n) is 8.94. The number of halogens is 1. The maximum atomic E-state index is 13.3. The van der Waals surface area contributed by atoms with E-state index in [1.807, 2.05) is 30.3 Å². The van der Waals surface area contributed by atoms with Crippen molar-refractivity contribution in [1.82, 2.24) is 15.0 Å². The lowest BCUT2D eigenvalue weighted by molar-refractivity contribution is 0.0978. The van der Waals surface area contributed by atoms with E-state index in [4.69, 9.17) is 11.6 Å². The molecule has 0 bridgehead atoms. The third kappa shape index (κ3) is 4.96. The minimum Gasteiger partial charge on any atom is -0.287 e. The lowest BCUT2D eigenvalue weighted by atomic mass is 10.2. The van der Waals surface area contributed by atoms with Gasteiger partial charge in [0.1, 0.15) is 5.82 Å². The second kappa shape index (κ2) is 9.11. The van der Waals surface area contributed by atoms with Crippen LogP contribution >= 0.6 is 11.6 Å². The smallest absolute Gasteiger partial charge is 0.280 e. The normalized spacial score (nSPS) is 11.2. The molecule has 0 fully saturated rings. The van der Waals surface area contributed by atoms with Crippen LogP contribution < -0.4 is 4.90 Å². The van der Waals surface area contributed by atoms with Gasteiger partial charge >= 0.3 is 0 Å². The molecule has 7 nitrogen and oxygen atoms in total. The zero-order valence-corrected chi connectivity index (χ0v) is 17.3. The number of hydrogen-bond acceptors (Lipinski definition) is 6. The van der Waals surface area contributed by atoms with Crippen molar-refractivity contribution in [2.24, 2.45) is 0 Å². The van der Waals surface area contributed by atoms with Gasteiger partial charge in [-0.05, 0) is 24.1 Å². The molecule has 0 aliphatic heterocycles. The van der Waals surface area contributed by atoms with E-state index in [2.05, 4.69) is 15.0 Å². The van der Waals surface area contributed by atoms with Gasteiger partial charge in [-0.2, -0.15) is 0 Å². The summed E-state index contributed by atoms with van der Waals surface area (Å²) in [6.45, 7) is 1.95. The Kier molecular flexibility index (Phi) is 6.56. The van der Waals surface area contributed by atoms with Crippen LogP contribution in [-0.4, -0.2) is 35.0 Å². The summed E-state index contributed by atoms with van der Waals surface area (Å²) in [7, 11) is -3.70. The number of nitrogens with zero attached hydrogens (tertiary/aromatic N) is 4. The Hall–Kier alpha value is -2.84. The van der Waals surface area contributed by atoms with Crippen LogP contribution in [0.15, 0.2) is 66.1 Å². The Morgan fingerprint density at radius 3 is 2.45 bits per heavy atom. The Labute approximate surface area is 174 Å². The highest BCUT2D eigenvalue weighted by atomic mass is 35.5. The summed E-state index contributed by atoms with van der Waals surface area (Å²) in [5, 5.41) is -0.438. The van der Waals surface area contributed by atoms with E-state index in [1.165, 1.54) is 4.90 Å². The lowest BCUT2D eigenvalue weighted by Crippen LogP contribution is -2.32. The molecule has 0 spiro atoms. The van der Waals surface area contributed by atoms with Gasteiger partial charge in [-0.3, -0.25) is 9.69 Å². The van der Waals surface area contributed by atoms with Gasteiger partial charge in [-0.1, -0.05) is 54.9 Å². The van der Waals surface area contributed by atoms with Gasteiger partial charge in [0.2, 0.25) is 15.0 Å². The highest BCUT2D eigenvalue weighted by molar-refractivity contribution is 7.91. The van der Waals surface area contributed by atoms with Crippen LogP contribution in [0.4, 0.5) is 5.82 Å². The van der Waals surface area contributed by atoms with Gasteiger partial charge in [0.05, 0.1) is 23.5 Å². The van der Waals surface area contributed by atoms with Gasteiger partial charge in [0.25, 0.3) is 5.91 Å². The van der Waals surface area contributed by atoms with E-state index in [-0.39, 0.29) is 23.0 Å². The standard InChI is InChI=1S/C20H19ClN4O3S/c1-2-12-29(27,28)20-23-13-16(21)18(24-20)19(26)25(17-10-6-7-11-22-17)14-15-8-4-3-5-9-15/h3-11,13H,2,12,14H2,1H3. The van der Waals surface area contributed by atoms with E-state index in [9.17, 15) is 13.2 Å². The van der Waals surface area contributed by atoms with Crippen LogP contribution in [-0.2, 0) is 16.4 Å². The quantitative estimate of drug-likeness (QED) is 0.532. The molecule has 0 aliphatic carbocycles. The molecule has 0 saturated carbocycles. The molecular formula is C20H19ClN4O3S. The zero-order valence-electron chi connectivity index (χ0n) is 15.7. The highest BCUT2D eigenvalue weighted by Gasteiger charge is 2.26. The zero-order chi connectivity index (χ0) is 20.9. The van der Waals surface area contributed by atoms with Crippen molar-refractivity contribution >= 4 is 33.2 Å². The lowest BCUT2D eigenvalue weighted by Gasteiger charge is -2.22. The molecule has 1 amide bonds. The molecule has 2 aromatic heterocycles. The van der Waals surface area contributed by atoms with Gasteiger partial charge in [-0.25, -0.2) is 23.4 Å². The number of carbonyl (C=O) groups is 1. The number of anilines is 1. The number of rotatable bonds is 7. The van der Waals surface area contributed by atoms with Gasteiger partial charge in [0.15, 0.2) is 5.69 Å². The van der Waals surface area contributed by atoms with E-state index < -0.39 is 20.9 Å². The number of pyridine rings is 1. The topological polar surface area (TPSA) is 93.1 Å². The molecule has 2 heterocycles. The molecule has 29 heavy (non-hydrogen) atoms. The molecule has 9 heteroatoms. The summed E-state index contributed by atoms with van der Waals surface area (Å²) in [6, 6.07) is 14.5. The van der Waals surface area contributed by atoms with E-state index >= 15 is 0 Å². The van der Waals surface area contributed by atoms with Crippen LogP contribution in [0.3, 0.4) is 0 Å². The molecule has 3 rings (SSSR count). The number of hydrogen-bond donors (Lipinski definition) is 0. The Bertz CT molecular complexity index is 1090. The second-order valence-electron chi connectivity index (χ2n) is 6.23. The first kappa shape index (κ1) is 20.9. The summed E-state index contributed by atoms with van der Waals surface area (Å²) < 4.78 is 24.7. The summed E-state index contributed by atoms with van der Waals surface area (Å²) in [4.78, 5) is 26.8. The Balaban J connectivity index is 2.04. The van der Waals surface area contributed by atoms with E-state index in [1.54, 1.807) is 31.3 Å². The number of amides is 1. The average molecular weight is 431 g/mol. The first-order valence-corrected chi connectivity index (χ1v) is 11.0. The van der Waals surface area contributed by atoms with Crippen molar-refractivity contribution < 1.29 is 13.2 Å². The molecule has 150 valence electrons. The van der Waals surface area contributed by atoms with Crippen LogP contribution in [0.2, 0.25) is 5.02 Å². The van der Waals surface area contributed by atoms with Gasteiger partial charge < -0.3 is 0 Å². The number of benzene rings is 1. The largest absolute Gasteiger partial charge is 0.287 e. The monoisotopic (exact) mass is 430 g/mol. The molecule has 0 radical (unpaired) electrons. The SMILES string of the molecule is CCCS(=O)(=O)c1ncc(Cl)c(C(=O)N(Cc2ccccc2)c2ccccn2)n1. The Morgan fingerprint density at radius 1 is 1.07 bits per heavy atom. The third-order valence-corrected chi connectivity index (χ3v) is 6.01. The fraction of sp³-hybridized carbons (Fsp3) is 0.200. The fourth-order valence-corrected chi connectivity index (χ4v) is 4.01. The first-order chi connectivity index (χ1) is 13.9. The van der Waals surface area contributed by atoms with Crippen LogP contribution in [0.5, 0.6) is 0 Å². The van der Waals surface area contributed by atoms with Crippen LogP contribution in [0, 0.1) is 0 Å². The minimum atomic E-state index is -3.70. The number of carbonyl (C=O) groups excluding carboxylic acids is 1. The van der Waals surface area contributed by atoms with Crippen molar-refractivity contribution in [3.05, 3.63) is 77.2 Å². The fourth-order valence-electron chi connectivity index (χ4n) is 2.67. The molecule has 0 unspecified atom stereocenters. The Morgan fingerprint density at radius 2 is 1.79 bits per heavy atom. The maximum absolute atomic E-state index is 13.3. The van der Waals surface area contributed by atoms with Crippen LogP contribution in [0.25, 0.3) is 0 Å². The molecule has 0 N–H and O–H groups in total. The predicted octanol–water partition coefficient (Wildman–Crippen LogP) is 3.56. The van der Waals surface area contributed by atoms with E-state index in [0.717, 1.165) is 11.8 Å². The highest BCUT2D eigenvalue weighted by Crippen LogP contribution is 2.22. The van der Waals surface area contributed by atoms with Gasteiger partial charge in [-0.15, -0.1) is 0 Å². The molecule has 0 atom stereocenters. The molecule has 3 aromatic rings. The summed E-state index contributed by atoms with van der Waals surface area (Å²) in [6.07, 6.45) is 3.12. The van der Waals surface area contributed by atoms with Crippen LogP contribution in [0.1, 0.15) is 29.4 Å². The average Bonchev–Trinajstić information content (AvgIpc) is 2.73. The van der Waals surface area contributed by atoms with Crippen molar-refractivity contribution in [3.63, 3.8) is 0 Å². The predicted molar refractivity (Wildman–Crippen MR) is 111 cm³/mol. The molecule has 1 aromatic carbocycles. The summed E-state index contributed by atoms with van der Waals surface area (Å²) in [5.74, 6) is -0.280. The molecule has 0 saturated heterocycles. The number of aromatic nitrogens is 3. The van der Waals surface area contributed by atoms with Crippen molar-refractivity contribution in [1.29, 1.82) is 0 Å².